The Kier molecular flexibility index (Phi) is 5.20. The molecule has 1 amide bonds. The summed E-state index contributed by atoms with van der Waals surface area (Å²) in [5.74, 6) is 3.36. The summed E-state index contributed by atoms with van der Waals surface area (Å²) >= 11 is 1.21. The third-order valence-electron chi connectivity index (χ3n) is 4.35. The third kappa shape index (κ3) is 4.01. The van der Waals surface area contributed by atoms with Crippen molar-refractivity contribution in [1.29, 1.82) is 0 Å². The second-order valence-corrected chi connectivity index (χ2v) is 9.50. The number of hydrogen-bond acceptors (Lipinski definition) is 6. The highest BCUT2D eigenvalue weighted by atomic mass is 32.2. The van der Waals surface area contributed by atoms with Gasteiger partial charge in [0.15, 0.2) is 26.1 Å². The van der Waals surface area contributed by atoms with Gasteiger partial charge in [-0.2, -0.15) is 4.99 Å². The van der Waals surface area contributed by atoms with Crippen molar-refractivity contribution in [2.75, 3.05) is 13.0 Å². The Balaban J connectivity index is 1.69. The van der Waals surface area contributed by atoms with E-state index < -0.39 is 15.7 Å². The number of carbonyl (C=O) groups excluding carboxylic acids is 1. The van der Waals surface area contributed by atoms with Crippen LogP contribution in [0.15, 0.2) is 52.4 Å². The molecular weight excluding hydrogens is 424 g/mol. The molecule has 0 bridgehead atoms. The van der Waals surface area contributed by atoms with Crippen LogP contribution < -0.4 is 14.3 Å². The van der Waals surface area contributed by atoms with Crippen LogP contribution in [0.1, 0.15) is 5.56 Å². The first-order valence-electron chi connectivity index (χ1n) is 8.78. The molecule has 30 heavy (non-hydrogen) atoms. The number of aromatic nitrogens is 1. The number of rotatable bonds is 4. The van der Waals surface area contributed by atoms with E-state index in [1.165, 1.54) is 23.5 Å². The van der Waals surface area contributed by atoms with Crippen molar-refractivity contribution in [1.82, 2.24) is 4.57 Å². The van der Waals surface area contributed by atoms with Crippen molar-refractivity contribution < 1.29 is 22.7 Å². The number of carbonyl (C=O) groups is 1. The summed E-state index contributed by atoms with van der Waals surface area (Å²) in [5, 5.41) is 0. The van der Waals surface area contributed by atoms with Gasteiger partial charge in [0, 0.05) is 12.3 Å². The van der Waals surface area contributed by atoms with Gasteiger partial charge in [0.25, 0.3) is 5.91 Å². The molecule has 0 fully saturated rings. The SMILES string of the molecule is C#CCn1c(=NC(=O)C=Cc2ccc3c(c2)OCO3)sc2cc(S(C)(=O)=O)ccc21. The maximum absolute atomic E-state index is 12.4. The van der Waals surface area contributed by atoms with Gasteiger partial charge in [-0.3, -0.25) is 4.79 Å². The molecule has 0 unspecified atom stereocenters. The molecule has 152 valence electrons. The number of benzene rings is 2. The number of fused-ring (bicyclic) bond motifs is 2. The molecule has 4 rings (SSSR count). The van der Waals surface area contributed by atoms with E-state index in [-0.39, 0.29) is 18.2 Å². The van der Waals surface area contributed by atoms with Gasteiger partial charge in [0.1, 0.15) is 0 Å². The predicted molar refractivity (Wildman–Crippen MR) is 114 cm³/mol. The molecule has 2 aromatic carbocycles. The maximum Gasteiger partial charge on any atom is 0.272 e. The van der Waals surface area contributed by atoms with Gasteiger partial charge in [0.05, 0.1) is 21.7 Å². The van der Waals surface area contributed by atoms with Crippen molar-refractivity contribution in [2.24, 2.45) is 4.99 Å². The normalized spacial score (nSPS) is 13.8. The summed E-state index contributed by atoms with van der Waals surface area (Å²) < 4.78 is 36.6. The van der Waals surface area contributed by atoms with Gasteiger partial charge in [-0.05, 0) is 42.0 Å². The van der Waals surface area contributed by atoms with Gasteiger partial charge < -0.3 is 14.0 Å². The Bertz CT molecular complexity index is 1410. The average molecular weight is 441 g/mol. The molecule has 0 saturated carbocycles. The fourth-order valence-corrected chi connectivity index (χ4v) is 4.73. The topological polar surface area (TPSA) is 87.0 Å². The molecule has 3 aromatic rings. The zero-order valence-corrected chi connectivity index (χ0v) is 17.5. The minimum Gasteiger partial charge on any atom is -0.454 e. The van der Waals surface area contributed by atoms with Crippen LogP contribution in [-0.4, -0.2) is 31.9 Å². The molecule has 0 spiro atoms. The molecule has 1 aliphatic rings. The van der Waals surface area contributed by atoms with Gasteiger partial charge in [0.2, 0.25) is 6.79 Å². The fourth-order valence-electron chi connectivity index (χ4n) is 2.93. The van der Waals surface area contributed by atoms with Crippen LogP contribution in [0, 0.1) is 12.3 Å². The summed E-state index contributed by atoms with van der Waals surface area (Å²) in [5.41, 5.74) is 1.49. The molecule has 0 aliphatic carbocycles. The minimum absolute atomic E-state index is 0.179. The van der Waals surface area contributed by atoms with Crippen molar-refractivity contribution in [3.05, 3.63) is 52.8 Å². The standard InChI is InChI=1S/C21H16N2O5S2/c1-3-10-23-16-7-6-15(30(2,25)26)12-19(16)29-21(23)22-20(24)9-5-14-4-8-17-18(11-14)28-13-27-17/h1,4-9,11-12H,10,13H2,2H3. The predicted octanol–water partition coefficient (Wildman–Crippen LogP) is 2.61. The van der Waals surface area contributed by atoms with Crippen LogP contribution in [-0.2, 0) is 21.2 Å². The van der Waals surface area contributed by atoms with Crippen LogP contribution >= 0.6 is 11.3 Å². The van der Waals surface area contributed by atoms with Crippen molar-refractivity contribution in [2.45, 2.75) is 11.4 Å². The lowest BCUT2D eigenvalue weighted by Gasteiger charge is -2.01. The second kappa shape index (κ2) is 7.82. The van der Waals surface area contributed by atoms with Gasteiger partial charge >= 0.3 is 0 Å². The Morgan fingerprint density at radius 1 is 1.27 bits per heavy atom. The zero-order valence-electron chi connectivity index (χ0n) is 15.9. The highest BCUT2D eigenvalue weighted by molar-refractivity contribution is 7.90. The van der Waals surface area contributed by atoms with Crippen LogP contribution in [0.25, 0.3) is 16.3 Å². The molecule has 7 nitrogen and oxygen atoms in total. The second-order valence-electron chi connectivity index (χ2n) is 6.47. The number of sulfone groups is 1. The molecule has 0 radical (unpaired) electrons. The summed E-state index contributed by atoms with van der Waals surface area (Å²) in [6.07, 6.45) is 9.59. The minimum atomic E-state index is -3.35. The van der Waals surface area contributed by atoms with Crippen LogP contribution in [0.4, 0.5) is 0 Å². The quantitative estimate of drug-likeness (QED) is 0.460. The van der Waals surface area contributed by atoms with Crippen molar-refractivity contribution >= 4 is 43.4 Å². The Labute approximate surface area is 176 Å². The first-order chi connectivity index (χ1) is 14.3. The molecule has 1 aliphatic heterocycles. The van der Waals surface area contributed by atoms with E-state index in [0.29, 0.717) is 21.0 Å². The molecular formula is C21H16N2O5S2. The van der Waals surface area contributed by atoms with Crippen LogP contribution in [0.3, 0.4) is 0 Å². The summed E-state index contributed by atoms with van der Waals surface area (Å²) in [6.45, 7) is 0.384. The lowest BCUT2D eigenvalue weighted by Crippen LogP contribution is -2.15. The monoisotopic (exact) mass is 440 g/mol. The highest BCUT2D eigenvalue weighted by Crippen LogP contribution is 2.32. The lowest BCUT2D eigenvalue weighted by atomic mass is 10.2. The van der Waals surface area contributed by atoms with E-state index in [9.17, 15) is 13.2 Å². The molecule has 9 heteroatoms. The van der Waals surface area contributed by atoms with E-state index >= 15 is 0 Å². The summed E-state index contributed by atoms with van der Waals surface area (Å²) in [7, 11) is -3.35. The number of ether oxygens (including phenoxy) is 2. The molecule has 1 aromatic heterocycles. The van der Waals surface area contributed by atoms with Crippen LogP contribution in [0.2, 0.25) is 0 Å². The van der Waals surface area contributed by atoms with Crippen LogP contribution in [0.5, 0.6) is 11.5 Å². The van der Waals surface area contributed by atoms with E-state index in [4.69, 9.17) is 15.9 Å². The smallest absolute Gasteiger partial charge is 0.272 e. The number of terminal acetylenes is 1. The number of thiazole rings is 1. The average Bonchev–Trinajstić information content (AvgIpc) is 3.30. The largest absolute Gasteiger partial charge is 0.454 e. The zero-order chi connectivity index (χ0) is 21.3. The molecule has 0 atom stereocenters. The number of nitrogens with zero attached hydrogens (tertiary/aromatic N) is 2. The highest BCUT2D eigenvalue weighted by Gasteiger charge is 2.13. The molecule has 0 N–H and O–H groups in total. The Morgan fingerprint density at radius 3 is 2.83 bits per heavy atom. The van der Waals surface area contributed by atoms with E-state index in [1.807, 2.05) is 6.07 Å². The number of hydrogen-bond donors (Lipinski definition) is 0. The molecule has 2 heterocycles. The third-order valence-corrected chi connectivity index (χ3v) is 6.50. The van der Waals surface area contributed by atoms with Gasteiger partial charge in [-0.1, -0.05) is 23.3 Å². The van der Waals surface area contributed by atoms with E-state index in [2.05, 4.69) is 10.9 Å². The first kappa shape index (κ1) is 19.9. The summed E-state index contributed by atoms with van der Waals surface area (Å²) in [6, 6.07) is 10.1. The van der Waals surface area contributed by atoms with Crippen molar-refractivity contribution in [3.63, 3.8) is 0 Å². The molecule has 0 saturated heterocycles. The summed E-state index contributed by atoms with van der Waals surface area (Å²) in [4.78, 5) is 17.2. The van der Waals surface area contributed by atoms with Gasteiger partial charge in [-0.15, -0.1) is 6.42 Å². The number of amides is 1. The maximum atomic E-state index is 12.4. The Morgan fingerprint density at radius 2 is 2.07 bits per heavy atom. The Hall–Kier alpha value is -3.35. The first-order valence-corrected chi connectivity index (χ1v) is 11.5. The lowest BCUT2D eigenvalue weighted by molar-refractivity contribution is -0.113. The van der Waals surface area contributed by atoms with Crippen molar-refractivity contribution in [3.8, 4) is 23.8 Å². The fraction of sp³-hybridized carbons (Fsp3) is 0.143. The van der Waals surface area contributed by atoms with E-state index in [1.54, 1.807) is 34.9 Å². The van der Waals surface area contributed by atoms with Gasteiger partial charge in [-0.25, -0.2) is 8.42 Å². The van der Waals surface area contributed by atoms with E-state index in [0.717, 1.165) is 17.3 Å².